The zero-order chi connectivity index (χ0) is 9.68. The normalized spacial score (nSPS) is 12.8. The van der Waals surface area contributed by atoms with Crippen LogP contribution in [-0.4, -0.2) is 10.6 Å². The third-order valence-electron chi connectivity index (χ3n) is 1.96. The third kappa shape index (κ3) is 3.42. The number of nitrogens with zero attached hydrogens (tertiary/aromatic N) is 1. The molecule has 1 aromatic rings. The highest BCUT2D eigenvalue weighted by Gasteiger charge is 1.96. The van der Waals surface area contributed by atoms with E-state index in [0.717, 1.165) is 19.4 Å². The molecule has 0 amide bonds. The van der Waals surface area contributed by atoms with E-state index in [1.54, 1.807) is 16.7 Å². The van der Waals surface area contributed by atoms with E-state index >= 15 is 0 Å². The first-order chi connectivity index (χ1) is 6.20. The lowest BCUT2D eigenvalue weighted by molar-refractivity contribution is 0.549. The Morgan fingerprint density at radius 2 is 2.31 bits per heavy atom. The molecule has 0 bridgehead atoms. The van der Waals surface area contributed by atoms with Gasteiger partial charge in [-0.3, -0.25) is 4.79 Å². The van der Waals surface area contributed by atoms with E-state index in [1.807, 2.05) is 19.2 Å². The van der Waals surface area contributed by atoms with Gasteiger partial charge in [0, 0.05) is 24.8 Å². The highest BCUT2D eigenvalue weighted by molar-refractivity contribution is 4.92. The van der Waals surface area contributed by atoms with Crippen molar-refractivity contribution in [1.29, 1.82) is 0 Å². The van der Waals surface area contributed by atoms with E-state index in [4.69, 9.17) is 5.73 Å². The van der Waals surface area contributed by atoms with Crippen LogP contribution < -0.4 is 11.3 Å². The van der Waals surface area contributed by atoms with Crippen molar-refractivity contribution >= 4 is 0 Å². The SMILES string of the molecule is CC(N)CCCn1ccccc1=O. The molecule has 3 heteroatoms. The first-order valence-corrected chi connectivity index (χ1v) is 4.61. The minimum Gasteiger partial charge on any atom is -0.328 e. The minimum atomic E-state index is 0.0622. The molecule has 0 fully saturated rings. The summed E-state index contributed by atoms with van der Waals surface area (Å²) in [6.07, 6.45) is 3.73. The largest absolute Gasteiger partial charge is 0.328 e. The average Bonchev–Trinajstić information content (AvgIpc) is 2.08. The van der Waals surface area contributed by atoms with Crippen LogP contribution in [0.2, 0.25) is 0 Å². The van der Waals surface area contributed by atoms with Crippen molar-refractivity contribution in [2.24, 2.45) is 5.73 Å². The van der Waals surface area contributed by atoms with Gasteiger partial charge in [0.25, 0.3) is 0 Å². The molecule has 0 radical (unpaired) electrons. The van der Waals surface area contributed by atoms with Gasteiger partial charge in [-0.2, -0.15) is 0 Å². The predicted octanol–water partition coefficient (Wildman–Crippen LogP) is 0.976. The molecule has 3 nitrogen and oxygen atoms in total. The van der Waals surface area contributed by atoms with E-state index in [1.165, 1.54) is 0 Å². The second-order valence-electron chi connectivity index (χ2n) is 3.35. The highest BCUT2D eigenvalue weighted by Crippen LogP contribution is 1.95. The van der Waals surface area contributed by atoms with Crippen molar-refractivity contribution in [1.82, 2.24) is 4.57 Å². The summed E-state index contributed by atoms with van der Waals surface area (Å²) < 4.78 is 1.71. The summed E-state index contributed by atoms with van der Waals surface area (Å²) in [5, 5.41) is 0. The molecule has 1 aromatic heterocycles. The maximum absolute atomic E-state index is 11.2. The Morgan fingerprint density at radius 3 is 2.92 bits per heavy atom. The first-order valence-electron chi connectivity index (χ1n) is 4.61. The summed E-state index contributed by atoms with van der Waals surface area (Å²) in [5.74, 6) is 0. The van der Waals surface area contributed by atoms with Crippen LogP contribution in [0, 0.1) is 0 Å². The van der Waals surface area contributed by atoms with Crippen molar-refractivity contribution < 1.29 is 0 Å². The van der Waals surface area contributed by atoms with Crippen LogP contribution in [0.25, 0.3) is 0 Å². The second kappa shape index (κ2) is 4.82. The molecule has 0 saturated carbocycles. The molecule has 0 aromatic carbocycles. The number of rotatable bonds is 4. The van der Waals surface area contributed by atoms with E-state index in [9.17, 15) is 4.79 Å². The zero-order valence-electron chi connectivity index (χ0n) is 7.94. The molecule has 0 aliphatic heterocycles. The average molecular weight is 180 g/mol. The molecule has 0 aliphatic carbocycles. The summed E-state index contributed by atoms with van der Waals surface area (Å²) in [7, 11) is 0. The van der Waals surface area contributed by atoms with Crippen LogP contribution in [0.4, 0.5) is 0 Å². The molecule has 1 unspecified atom stereocenters. The molecule has 72 valence electrons. The number of aryl methyl sites for hydroxylation is 1. The minimum absolute atomic E-state index is 0.0622. The highest BCUT2D eigenvalue weighted by atomic mass is 16.1. The molecular weight excluding hydrogens is 164 g/mol. The van der Waals surface area contributed by atoms with Gasteiger partial charge < -0.3 is 10.3 Å². The fourth-order valence-electron chi connectivity index (χ4n) is 1.23. The van der Waals surface area contributed by atoms with Crippen LogP contribution in [0.1, 0.15) is 19.8 Å². The lowest BCUT2D eigenvalue weighted by Crippen LogP contribution is -2.20. The summed E-state index contributed by atoms with van der Waals surface area (Å²) in [5.41, 5.74) is 5.67. The molecule has 0 aliphatic rings. The number of nitrogens with two attached hydrogens (primary N) is 1. The van der Waals surface area contributed by atoms with E-state index in [0.29, 0.717) is 0 Å². The Morgan fingerprint density at radius 1 is 1.54 bits per heavy atom. The van der Waals surface area contributed by atoms with Gasteiger partial charge >= 0.3 is 0 Å². The summed E-state index contributed by atoms with van der Waals surface area (Å²) in [6.45, 7) is 2.75. The second-order valence-corrected chi connectivity index (χ2v) is 3.35. The Labute approximate surface area is 78.2 Å². The van der Waals surface area contributed by atoms with Crippen LogP contribution in [0.3, 0.4) is 0 Å². The summed E-state index contributed by atoms with van der Waals surface area (Å²) in [4.78, 5) is 11.2. The lowest BCUT2D eigenvalue weighted by Gasteiger charge is -2.06. The Bertz CT molecular complexity index is 304. The predicted molar refractivity (Wildman–Crippen MR) is 53.6 cm³/mol. The van der Waals surface area contributed by atoms with E-state index < -0.39 is 0 Å². The molecule has 0 saturated heterocycles. The van der Waals surface area contributed by atoms with E-state index in [2.05, 4.69) is 0 Å². The quantitative estimate of drug-likeness (QED) is 0.750. The van der Waals surface area contributed by atoms with Crippen LogP contribution in [0.15, 0.2) is 29.2 Å². The van der Waals surface area contributed by atoms with Crippen LogP contribution >= 0.6 is 0 Å². The zero-order valence-corrected chi connectivity index (χ0v) is 7.94. The molecule has 1 rings (SSSR count). The molecular formula is C10H16N2O. The standard InChI is InChI=1S/C10H16N2O/c1-9(11)5-4-8-12-7-3-2-6-10(12)13/h2-3,6-7,9H,4-5,8,11H2,1H3. The first kappa shape index (κ1) is 9.99. The Hall–Kier alpha value is -1.09. The van der Waals surface area contributed by atoms with Gasteiger partial charge in [-0.15, -0.1) is 0 Å². The third-order valence-corrected chi connectivity index (χ3v) is 1.96. The van der Waals surface area contributed by atoms with Crippen molar-refractivity contribution in [3.8, 4) is 0 Å². The topological polar surface area (TPSA) is 48.0 Å². The molecule has 0 spiro atoms. The smallest absolute Gasteiger partial charge is 0.250 e. The van der Waals surface area contributed by atoms with Crippen molar-refractivity contribution in [3.63, 3.8) is 0 Å². The van der Waals surface area contributed by atoms with Crippen LogP contribution in [-0.2, 0) is 6.54 Å². The van der Waals surface area contributed by atoms with Gasteiger partial charge in [0.1, 0.15) is 0 Å². The van der Waals surface area contributed by atoms with Gasteiger partial charge in [-0.05, 0) is 25.8 Å². The molecule has 1 atom stereocenters. The summed E-state index contributed by atoms with van der Waals surface area (Å²) >= 11 is 0. The lowest BCUT2D eigenvalue weighted by atomic mass is 10.2. The fourth-order valence-corrected chi connectivity index (χ4v) is 1.23. The number of hydrogen-bond donors (Lipinski definition) is 1. The van der Waals surface area contributed by atoms with Gasteiger partial charge in [0.05, 0.1) is 0 Å². The maximum atomic E-state index is 11.2. The van der Waals surface area contributed by atoms with Gasteiger partial charge in [0.15, 0.2) is 0 Å². The number of hydrogen-bond acceptors (Lipinski definition) is 2. The monoisotopic (exact) mass is 180 g/mol. The van der Waals surface area contributed by atoms with Crippen molar-refractivity contribution in [2.75, 3.05) is 0 Å². The van der Waals surface area contributed by atoms with Gasteiger partial charge in [-0.1, -0.05) is 6.07 Å². The van der Waals surface area contributed by atoms with Gasteiger partial charge in [-0.25, -0.2) is 0 Å². The van der Waals surface area contributed by atoms with Crippen molar-refractivity contribution in [3.05, 3.63) is 34.7 Å². The Balaban J connectivity index is 2.46. The number of aromatic nitrogens is 1. The maximum Gasteiger partial charge on any atom is 0.250 e. The molecule has 1 heterocycles. The van der Waals surface area contributed by atoms with Crippen molar-refractivity contribution in [2.45, 2.75) is 32.4 Å². The summed E-state index contributed by atoms with van der Waals surface area (Å²) in [6, 6.07) is 5.42. The Kier molecular flexibility index (Phi) is 3.71. The fraction of sp³-hybridized carbons (Fsp3) is 0.500. The number of pyridine rings is 1. The molecule has 13 heavy (non-hydrogen) atoms. The van der Waals surface area contributed by atoms with Gasteiger partial charge in [0.2, 0.25) is 5.56 Å². The van der Waals surface area contributed by atoms with E-state index in [-0.39, 0.29) is 11.6 Å². The molecule has 2 N–H and O–H groups in total. The van der Waals surface area contributed by atoms with Crippen LogP contribution in [0.5, 0.6) is 0 Å².